The highest BCUT2D eigenvalue weighted by Crippen LogP contribution is 2.17. The molecule has 9 N–H and O–H groups in total. The molecule has 3 amide bonds. The largest absolute Gasteiger partial charge is 0.396 e. The van der Waals surface area contributed by atoms with Gasteiger partial charge in [0.25, 0.3) is 0 Å². The van der Waals surface area contributed by atoms with Crippen molar-refractivity contribution in [1.29, 1.82) is 0 Å². The summed E-state index contributed by atoms with van der Waals surface area (Å²) in [5.74, 6) is -4.62. The third kappa shape index (κ3) is 22.3. The number of nitrogens with one attached hydrogen (secondary N) is 3. The van der Waals surface area contributed by atoms with E-state index in [1.54, 1.807) is 13.8 Å². The number of amides is 3. The normalized spacial score (nSPS) is 13.6. The lowest BCUT2D eigenvalue weighted by Crippen LogP contribution is -2.49. The number of Topliss-reactive ketones (excluding diaryl/α,β-unsaturated/α-hetero) is 2. The second-order valence-electron chi connectivity index (χ2n) is 13.5. The summed E-state index contributed by atoms with van der Waals surface area (Å²) < 4.78 is 0. The molecule has 0 aromatic rings. The maximum absolute atomic E-state index is 13.2. The van der Waals surface area contributed by atoms with E-state index in [2.05, 4.69) is 27.9 Å². The van der Waals surface area contributed by atoms with Gasteiger partial charge in [-0.15, -0.1) is 0 Å². The van der Waals surface area contributed by atoms with Gasteiger partial charge in [-0.3, -0.25) is 29.0 Å². The average molecular weight is 697 g/mol. The van der Waals surface area contributed by atoms with Gasteiger partial charge in [0.05, 0.1) is 25.2 Å². The number of rotatable bonds is 31. The molecule has 0 aromatic heterocycles. The molecule has 0 aliphatic heterocycles. The van der Waals surface area contributed by atoms with E-state index in [1.807, 2.05) is 0 Å². The number of aliphatic hydroxyl groups is 2. The zero-order chi connectivity index (χ0) is 37.0. The van der Waals surface area contributed by atoms with Crippen LogP contribution in [0.15, 0.2) is 4.99 Å². The summed E-state index contributed by atoms with van der Waals surface area (Å²) in [5.41, 5.74) is 10.6. The second kappa shape index (κ2) is 28.7. The molecule has 13 heteroatoms. The van der Waals surface area contributed by atoms with Crippen molar-refractivity contribution in [2.75, 3.05) is 26.8 Å². The quantitative estimate of drug-likeness (QED) is 0.0321. The Labute approximate surface area is 294 Å². The first kappa shape index (κ1) is 45.9. The van der Waals surface area contributed by atoms with Crippen molar-refractivity contribution in [2.24, 2.45) is 34.2 Å². The molecule has 49 heavy (non-hydrogen) atoms. The van der Waals surface area contributed by atoms with Crippen LogP contribution in [-0.2, 0) is 24.0 Å². The summed E-state index contributed by atoms with van der Waals surface area (Å²) in [7, 11) is 1.44. The van der Waals surface area contributed by atoms with Crippen LogP contribution >= 0.6 is 0 Å². The number of ketones is 2. The molecule has 0 radical (unpaired) electrons. The van der Waals surface area contributed by atoms with Gasteiger partial charge < -0.3 is 37.6 Å². The number of nitrogens with two attached hydrogens (primary N) is 2. The van der Waals surface area contributed by atoms with Crippen LogP contribution in [0.25, 0.3) is 0 Å². The number of carbonyl (C=O) groups excluding carboxylic acids is 5. The molecular formula is C36H68N6O7. The van der Waals surface area contributed by atoms with Gasteiger partial charge in [0.15, 0.2) is 17.5 Å². The van der Waals surface area contributed by atoms with Gasteiger partial charge in [0, 0.05) is 38.8 Å². The SMILES string of the molecule is CCCCCCCCCCCCCCCC(=O)N[C@H](C(=O)C[C@@H](CO)C(=O)N[C@@H](CO)C(=O)C[C@@H](CCCN=C(N)N)C(=O)NC)C(C)C. The number of guanidine groups is 1. The van der Waals surface area contributed by atoms with Crippen LogP contribution in [0.1, 0.15) is 136 Å². The molecular weight excluding hydrogens is 628 g/mol. The first-order chi connectivity index (χ1) is 23.4. The van der Waals surface area contributed by atoms with Crippen molar-refractivity contribution in [3.63, 3.8) is 0 Å². The molecule has 0 heterocycles. The standard InChI is InChI=1S/C36H68N6O7/c1-5-6-7-8-9-10-11-12-13-14-15-16-17-20-32(47)42-33(26(2)3)31(46)23-28(24-43)35(49)41-29(25-44)30(45)22-27(34(48)39-4)19-18-21-40-36(37)38/h26-29,33,43-44H,5-25H2,1-4H3,(H,39,48)(H,41,49)(H,42,47)(H4,37,38,40)/t27-,28+,29+,33+/m1/s1. The van der Waals surface area contributed by atoms with Crippen molar-refractivity contribution in [3.8, 4) is 0 Å². The molecule has 0 bridgehead atoms. The third-order valence-electron chi connectivity index (χ3n) is 8.83. The van der Waals surface area contributed by atoms with Crippen LogP contribution < -0.4 is 27.4 Å². The Balaban J connectivity index is 4.79. The fourth-order valence-electron chi connectivity index (χ4n) is 5.76. The maximum Gasteiger partial charge on any atom is 0.226 e. The predicted molar refractivity (Wildman–Crippen MR) is 193 cm³/mol. The molecule has 0 fully saturated rings. The van der Waals surface area contributed by atoms with Crippen molar-refractivity contribution in [3.05, 3.63) is 0 Å². The minimum atomic E-state index is -1.33. The number of aliphatic imine (C=N–C) groups is 1. The highest BCUT2D eigenvalue weighted by atomic mass is 16.3. The summed E-state index contributed by atoms with van der Waals surface area (Å²) in [5, 5.41) is 27.5. The van der Waals surface area contributed by atoms with Crippen LogP contribution in [0.5, 0.6) is 0 Å². The van der Waals surface area contributed by atoms with Gasteiger partial charge in [0.1, 0.15) is 6.04 Å². The predicted octanol–water partition coefficient (Wildman–Crippen LogP) is 3.03. The summed E-state index contributed by atoms with van der Waals surface area (Å²) in [6, 6.07) is -2.17. The molecule has 0 spiro atoms. The number of unbranched alkanes of at least 4 members (excludes halogenated alkanes) is 12. The van der Waals surface area contributed by atoms with E-state index in [4.69, 9.17) is 11.5 Å². The third-order valence-corrected chi connectivity index (χ3v) is 8.83. The number of aliphatic hydroxyl groups excluding tert-OH is 2. The van der Waals surface area contributed by atoms with E-state index < -0.39 is 54.6 Å². The van der Waals surface area contributed by atoms with Crippen molar-refractivity contribution in [2.45, 2.75) is 148 Å². The van der Waals surface area contributed by atoms with Crippen molar-refractivity contribution in [1.82, 2.24) is 16.0 Å². The van der Waals surface area contributed by atoms with E-state index in [1.165, 1.54) is 64.8 Å². The number of hydrogen-bond donors (Lipinski definition) is 7. The van der Waals surface area contributed by atoms with E-state index in [9.17, 15) is 34.2 Å². The fourth-order valence-corrected chi connectivity index (χ4v) is 5.76. The van der Waals surface area contributed by atoms with E-state index in [-0.39, 0.29) is 43.1 Å². The highest BCUT2D eigenvalue weighted by Gasteiger charge is 2.32. The lowest BCUT2D eigenvalue weighted by Gasteiger charge is -2.24. The summed E-state index contributed by atoms with van der Waals surface area (Å²) in [4.78, 5) is 68.1. The van der Waals surface area contributed by atoms with E-state index >= 15 is 0 Å². The fraction of sp³-hybridized carbons (Fsp3) is 0.833. The molecule has 284 valence electrons. The Hall–Kier alpha value is -3.06. The van der Waals surface area contributed by atoms with Crippen LogP contribution in [0.3, 0.4) is 0 Å². The summed E-state index contributed by atoms with van der Waals surface area (Å²) in [6.45, 7) is 4.69. The lowest BCUT2D eigenvalue weighted by molar-refractivity contribution is -0.136. The van der Waals surface area contributed by atoms with Crippen LogP contribution in [0.4, 0.5) is 0 Å². The van der Waals surface area contributed by atoms with Gasteiger partial charge >= 0.3 is 0 Å². The smallest absolute Gasteiger partial charge is 0.226 e. The second-order valence-corrected chi connectivity index (χ2v) is 13.5. The topological polar surface area (TPSA) is 226 Å². The molecule has 4 atom stereocenters. The van der Waals surface area contributed by atoms with E-state index in [0.29, 0.717) is 19.3 Å². The van der Waals surface area contributed by atoms with Crippen molar-refractivity contribution >= 4 is 35.2 Å². The number of carbonyl (C=O) groups is 5. The minimum absolute atomic E-state index is 0.0836. The zero-order valence-electron chi connectivity index (χ0n) is 30.8. The monoisotopic (exact) mass is 697 g/mol. The lowest BCUT2D eigenvalue weighted by atomic mass is 9.91. The summed E-state index contributed by atoms with van der Waals surface area (Å²) >= 11 is 0. The molecule has 0 unspecified atom stereocenters. The number of nitrogens with zero attached hydrogens (tertiary/aromatic N) is 1. The zero-order valence-corrected chi connectivity index (χ0v) is 30.8. The highest BCUT2D eigenvalue weighted by molar-refractivity contribution is 5.95. The van der Waals surface area contributed by atoms with Crippen LogP contribution in [0.2, 0.25) is 0 Å². The van der Waals surface area contributed by atoms with E-state index in [0.717, 1.165) is 25.7 Å². The van der Waals surface area contributed by atoms with Gasteiger partial charge in [-0.1, -0.05) is 97.8 Å². The van der Waals surface area contributed by atoms with Gasteiger partial charge in [0.2, 0.25) is 17.7 Å². The summed E-state index contributed by atoms with van der Waals surface area (Å²) in [6.07, 6.45) is 16.1. The molecule has 0 aliphatic rings. The molecule has 0 aliphatic carbocycles. The van der Waals surface area contributed by atoms with Gasteiger partial charge in [-0.2, -0.15) is 0 Å². The molecule has 0 saturated heterocycles. The average Bonchev–Trinajstić information content (AvgIpc) is 3.07. The Kier molecular flexibility index (Phi) is 27.0. The Morgan fingerprint density at radius 3 is 1.67 bits per heavy atom. The van der Waals surface area contributed by atoms with Crippen LogP contribution in [0, 0.1) is 17.8 Å². The van der Waals surface area contributed by atoms with Gasteiger partial charge in [-0.05, 0) is 25.2 Å². The first-order valence-corrected chi connectivity index (χ1v) is 18.5. The first-order valence-electron chi connectivity index (χ1n) is 18.5. The molecule has 13 nitrogen and oxygen atoms in total. The Morgan fingerprint density at radius 2 is 1.20 bits per heavy atom. The molecule has 0 aromatic carbocycles. The maximum atomic E-state index is 13.2. The van der Waals surface area contributed by atoms with Crippen LogP contribution in [-0.4, -0.2) is 84.4 Å². The van der Waals surface area contributed by atoms with Crippen molar-refractivity contribution < 1.29 is 34.2 Å². The number of hydrogen-bond acceptors (Lipinski definition) is 8. The minimum Gasteiger partial charge on any atom is -0.396 e. The molecule has 0 rings (SSSR count). The van der Waals surface area contributed by atoms with Gasteiger partial charge in [-0.25, -0.2) is 0 Å². The Morgan fingerprint density at radius 1 is 0.673 bits per heavy atom. The molecule has 0 saturated carbocycles. The Bertz CT molecular complexity index is 987.